The number of H-pyrrole nitrogens is 1. The molecule has 3 nitrogen and oxygen atoms in total. The Kier molecular flexibility index (Phi) is 3.40. The summed E-state index contributed by atoms with van der Waals surface area (Å²) in [5.41, 5.74) is 3.81. The molecule has 0 fully saturated rings. The van der Waals surface area contributed by atoms with Gasteiger partial charge in [-0.25, -0.2) is 0 Å². The van der Waals surface area contributed by atoms with Crippen molar-refractivity contribution in [3.63, 3.8) is 0 Å². The molecule has 1 N–H and O–H groups in total. The van der Waals surface area contributed by atoms with Gasteiger partial charge in [0.15, 0.2) is 0 Å². The summed E-state index contributed by atoms with van der Waals surface area (Å²) >= 11 is 3.54. The lowest BCUT2D eigenvalue weighted by molar-refractivity contribution is 0.147. The van der Waals surface area contributed by atoms with Crippen LogP contribution in [0.2, 0.25) is 0 Å². The third kappa shape index (κ3) is 2.30. The number of benzene rings is 1. The molecule has 0 bridgehead atoms. The molecule has 0 spiro atoms. The predicted octanol–water partition coefficient (Wildman–Crippen LogP) is 4.05. The highest BCUT2D eigenvalue weighted by atomic mass is 79.9. The van der Waals surface area contributed by atoms with Crippen molar-refractivity contribution in [1.82, 2.24) is 4.98 Å². The molecule has 3 rings (SSSR count). The Balaban J connectivity index is 2.31. The van der Waals surface area contributed by atoms with Gasteiger partial charge in [-0.3, -0.25) is 4.79 Å². The molecule has 0 radical (unpaired) electrons. The van der Waals surface area contributed by atoms with Gasteiger partial charge in [0.1, 0.15) is 11.4 Å². The van der Waals surface area contributed by atoms with E-state index >= 15 is 0 Å². The van der Waals surface area contributed by atoms with Crippen LogP contribution in [0.4, 0.5) is 0 Å². The first kappa shape index (κ1) is 14.6. The summed E-state index contributed by atoms with van der Waals surface area (Å²) in [5, 5.41) is 1.81. The van der Waals surface area contributed by atoms with E-state index in [1.54, 1.807) is 0 Å². The molecular formula is C17H20BrNO2. The highest BCUT2D eigenvalue weighted by molar-refractivity contribution is 9.09. The van der Waals surface area contributed by atoms with E-state index in [4.69, 9.17) is 4.74 Å². The second kappa shape index (κ2) is 4.87. The molecule has 1 atom stereocenters. The van der Waals surface area contributed by atoms with E-state index in [-0.39, 0.29) is 17.1 Å². The Hall–Kier alpha value is -1.29. The SMILES string of the molecule is Cc1cc2c(c3cc(C(C)C)c(=O)[nH]c13)OC(C)(CBr)C2. The lowest BCUT2D eigenvalue weighted by atomic mass is 9.96. The molecule has 2 aromatic rings. The van der Waals surface area contributed by atoms with E-state index in [9.17, 15) is 4.79 Å². The van der Waals surface area contributed by atoms with Crippen LogP contribution in [0.5, 0.6) is 5.75 Å². The number of alkyl halides is 1. The molecule has 1 aromatic heterocycles. The average Bonchev–Trinajstić information content (AvgIpc) is 2.76. The number of fused-ring (bicyclic) bond motifs is 3. The minimum Gasteiger partial charge on any atom is -0.485 e. The number of hydrogen-bond donors (Lipinski definition) is 1. The van der Waals surface area contributed by atoms with Crippen LogP contribution in [0.1, 0.15) is 43.4 Å². The molecule has 1 unspecified atom stereocenters. The standard InChI is InChI=1S/C17H20BrNO2/c1-9(2)12-6-13-14(19-16(12)20)10(3)5-11-7-17(4,8-18)21-15(11)13/h5-6,9H,7-8H2,1-4H3,(H,19,20). The zero-order valence-corrected chi connectivity index (χ0v) is 14.4. The van der Waals surface area contributed by atoms with Crippen molar-refractivity contribution < 1.29 is 4.74 Å². The van der Waals surface area contributed by atoms with Crippen LogP contribution >= 0.6 is 15.9 Å². The van der Waals surface area contributed by atoms with E-state index < -0.39 is 0 Å². The molecule has 0 aliphatic carbocycles. The summed E-state index contributed by atoms with van der Waals surface area (Å²) in [6.07, 6.45) is 0.889. The lowest BCUT2D eigenvalue weighted by Gasteiger charge is -2.21. The van der Waals surface area contributed by atoms with E-state index in [1.165, 1.54) is 5.56 Å². The van der Waals surface area contributed by atoms with Gasteiger partial charge in [-0.05, 0) is 37.0 Å². The van der Waals surface area contributed by atoms with Gasteiger partial charge in [-0.15, -0.1) is 0 Å². The maximum Gasteiger partial charge on any atom is 0.251 e. The number of pyridine rings is 1. The number of hydrogen-bond acceptors (Lipinski definition) is 2. The second-order valence-electron chi connectivity index (χ2n) is 6.54. The minimum absolute atomic E-state index is 0.00167. The lowest BCUT2D eigenvalue weighted by Crippen LogP contribution is -2.31. The van der Waals surface area contributed by atoms with Gasteiger partial charge in [0, 0.05) is 22.7 Å². The largest absolute Gasteiger partial charge is 0.485 e. The van der Waals surface area contributed by atoms with Gasteiger partial charge in [0.25, 0.3) is 5.56 Å². The highest BCUT2D eigenvalue weighted by Gasteiger charge is 2.35. The van der Waals surface area contributed by atoms with E-state index in [1.807, 2.05) is 26.8 Å². The molecule has 1 aliphatic heterocycles. The van der Waals surface area contributed by atoms with E-state index in [2.05, 4.69) is 33.9 Å². The van der Waals surface area contributed by atoms with Crippen LogP contribution in [-0.2, 0) is 6.42 Å². The molecule has 4 heteroatoms. The van der Waals surface area contributed by atoms with Crippen molar-refractivity contribution in [2.45, 2.75) is 45.6 Å². The van der Waals surface area contributed by atoms with Crippen LogP contribution in [0.15, 0.2) is 16.9 Å². The van der Waals surface area contributed by atoms with Crippen molar-refractivity contribution in [3.05, 3.63) is 39.2 Å². The van der Waals surface area contributed by atoms with Crippen LogP contribution in [0.3, 0.4) is 0 Å². The summed E-state index contributed by atoms with van der Waals surface area (Å²) < 4.78 is 6.22. The van der Waals surface area contributed by atoms with Crippen molar-refractivity contribution in [2.24, 2.45) is 0 Å². The summed E-state index contributed by atoms with van der Waals surface area (Å²) in [4.78, 5) is 15.2. The van der Waals surface area contributed by atoms with Crippen LogP contribution < -0.4 is 10.3 Å². The van der Waals surface area contributed by atoms with E-state index in [0.717, 1.165) is 39.5 Å². The van der Waals surface area contributed by atoms with Crippen molar-refractivity contribution >= 4 is 26.8 Å². The number of halogens is 1. The zero-order valence-electron chi connectivity index (χ0n) is 12.8. The molecule has 112 valence electrons. The third-order valence-electron chi connectivity index (χ3n) is 4.21. The van der Waals surface area contributed by atoms with Crippen molar-refractivity contribution in [1.29, 1.82) is 0 Å². The third-order valence-corrected chi connectivity index (χ3v) is 5.39. The topological polar surface area (TPSA) is 42.1 Å². The van der Waals surface area contributed by atoms with Gasteiger partial charge in [0.05, 0.1) is 5.52 Å². The molecule has 0 saturated carbocycles. The highest BCUT2D eigenvalue weighted by Crippen LogP contribution is 2.42. The predicted molar refractivity (Wildman–Crippen MR) is 89.9 cm³/mol. The average molecular weight is 350 g/mol. The number of aryl methyl sites for hydroxylation is 1. The fourth-order valence-corrected chi connectivity index (χ4v) is 3.36. The number of rotatable bonds is 2. The Morgan fingerprint density at radius 3 is 2.76 bits per heavy atom. The Labute approximate surface area is 132 Å². The fraction of sp³-hybridized carbons (Fsp3) is 0.471. The number of aromatic amines is 1. The van der Waals surface area contributed by atoms with Crippen LogP contribution in [0.25, 0.3) is 10.9 Å². The molecule has 0 amide bonds. The van der Waals surface area contributed by atoms with Crippen LogP contribution in [0, 0.1) is 6.92 Å². The summed E-state index contributed by atoms with van der Waals surface area (Å²) in [6.45, 7) is 8.22. The second-order valence-corrected chi connectivity index (χ2v) is 7.10. The fourth-order valence-electron chi connectivity index (χ4n) is 3.05. The maximum absolute atomic E-state index is 12.2. The molecule has 0 saturated heterocycles. The first-order valence-corrected chi connectivity index (χ1v) is 8.41. The summed E-state index contributed by atoms with van der Waals surface area (Å²) in [7, 11) is 0. The van der Waals surface area contributed by atoms with Gasteiger partial charge in [-0.1, -0.05) is 35.8 Å². The first-order chi connectivity index (χ1) is 9.84. The van der Waals surface area contributed by atoms with Gasteiger partial charge in [-0.2, -0.15) is 0 Å². The maximum atomic E-state index is 12.2. The molecule has 2 heterocycles. The van der Waals surface area contributed by atoms with Crippen molar-refractivity contribution in [2.75, 3.05) is 5.33 Å². The van der Waals surface area contributed by atoms with Crippen molar-refractivity contribution in [3.8, 4) is 5.75 Å². The molecular weight excluding hydrogens is 330 g/mol. The van der Waals surface area contributed by atoms with Crippen LogP contribution in [-0.4, -0.2) is 15.9 Å². The van der Waals surface area contributed by atoms with Gasteiger partial charge < -0.3 is 9.72 Å². The Morgan fingerprint density at radius 2 is 2.14 bits per heavy atom. The Bertz CT molecular complexity index is 778. The van der Waals surface area contributed by atoms with Gasteiger partial charge >= 0.3 is 0 Å². The normalized spacial score (nSPS) is 20.9. The molecule has 1 aliphatic rings. The Morgan fingerprint density at radius 1 is 1.43 bits per heavy atom. The number of aromatic nitrogens is 1. The minimum atomic E-state index is -0.211. The number of nitrogens with one attached hydrogen (secondary N) is 1. The summed E-state index contributed by atoms with van der Waals surface area (Å²) in [5.74, 6) is 1.12. The number of ether oxygens (including phenoxy) is 1. The first-order valence-electron chi connectivity index (χ1n) is 7.29. The summed E-state index contributed by atoms with van der Waals surface area (Å²) in [6, 6.07) is 4.14. The molecule has 1 aromatic carbocycles. The smallest absolute Gasteiger partial charge is 0.251 e. The zero-order chi connectivity index (χ0) is 15.4. The van der Waals surface area contributed by atoms with E-state index in [0.29, 0.717) is 0 Å². The monoisotopic (exact) mass is 349 g/mol. The molecule has 21 heavy (non-hydrogen) atoms. The quantitative estimate of drug-likeness (QED) is 0.831. The van der Waals surface area contributed by atoms with Gasteiger partial charge in [0.2, 0.25) is 0 Å².